The van der Waals surface area contributed by atoms with Gasteiger partial charge in [-0.3, -0.25) is 4.79 Å². The van der Waals surface area contributed by atoms with Gasteiger partial charge < -0.3 is 25.2 Å². The fourth-order valence-corrected chi connectivity index (χ4v) is 1.82. The van der Waals surface area contributed by atoms with Crippen molar-refractivity contribution < 1.29 is 19.4 Å². The van der Waals surface area contributed by atoms with Gasteiger partial charge >= 0.3 is 0 Å². The predicted molar refractivity (Wildman–Crippen MR) is 62.5 cm³/mol. The zero-order chi connectivity index (χ0) is 12.8. The molecule has 0 saturated carbocycles. The minimum atomic E-state index is -0.546. The molecule has 3 atom stereocenters. The van der Waals surface area contributed by atoms with Gasteiger partial charge in [-0.15, -0.1) is 0 Å². The second kappa shape index (κ2) is 6.90. The number of carbonyl (C=O) groups excluding carboxylic acids is 1. The van der Waals surface area contributed by atoms with Crippen LogP contribution < -0.4 is 5.73 Å². The number of hydrogen-bond acceptors (Lipinski definition) is 5. The van der Waals surface area contributed by atoms with Crippen molar-refractivity contribution in [3.63, 3.8) is 0 Å². The molecule has 0 aliphatic carbocycles. The third-order valence-electron chi connectivity index (χ3n) is 2.94. The van der Waals surface area contributed by atoms with Gasteiger partial charge in [0.2, 0.25) is 5.91 Å². The Bertz CT molecular complexity index is 250. The van der Waals surface area contributed by atoms with Crippen LogP contribution in [0.1, 0.15) is 13.3 Å². The number of hydrogen-bond donors (Lipinski definition) is 2. The highest BCUT2D eigenvalue weighted by atomic mass is 16.5. The van der Waals surface area contributed by atoms with Crippen LogP contribution in [0.15, 0.2) is 0 Å². The predicted octanol–water partition coefficient (Wildman–Crippen LogP) is -1.04. The summed E-state index contributed by atoms with van der Waals surface area (Å²) in [5.41, 5.74) is 5.81. The molecule has 1 aliphatic rings. The molecule has 1 fully saturated rings. The van der Waals surface area contributed by atoms with Crippen LogP contribution in [-0.4, -0.2) is 67.6 Å². The SMILES string of the molecule is COCCC(N)C(=O)N1CC(CO)OCC1C. The summed E-state index contributed by atoms with van der Waals surface area (Å²) < 4.78 is 10.3. The Morgan fingerprint density at radius 3 is 3.00 bits per heavy atom. The molecule has 0 aromatic carbocycles. The molecule has 1 saturated heterocycles. The molecular weight excluding hydrogens is 224 g/mol. The van der Waals surface area contributed by atoms with E-state index >= 15 is 0 Å². The van der Waals surface area contributed by atoms with Crippen molar-refractivity contribution in [3.8, 4) is 0 Å². The molecule has 1 amide bonds. The van der Waals surface area contributed by atoms with Gasteiger partial charge in [-0.05, 0) is 13.3 Å². The van der Waals surface area contributed by atoms with Crippen molar-refractivity contribution in [3.05, 3.63) is 0 Å². The second-order valence-corrected chi connectivity index (χ2v) is 4.37. The Morgan fingerprint density at radius 2 is 2.41 bits per heavy atom. The van der Waals surface area contributed by atoms with Gasteiger partial charge in [0.25, 0.3) is 0 Å². The van der Waals surface area contributed by atoms with E-state index in [1.807, 2.05) is 6.92 Å². The zero-order valence-corrected chi connectivity index (χ0v) is 10.5. The first-order chi connectivity index (χ1) is 8.10. The van der Waals surface area contributed by atoms with Crippen LogP contribution in [0.4, 0.5) is 0 Å². The average molecular weight is 246 g/mol. The van der Waals surface area contributed by atoms with E-state index in [0.29, 0.717) is 26.2 Å². The van der Waals surface area contributed by atoms with E-state index in [0.717, 1.165) is 0 Å². The van der Waals surface area contributed by atoms with Gasteiger partial charge in [0.15, 0.2) is 0 Å². The van der Waals surface area contributed by atoms with E-state index < -0.39 is 6.04 Å². The molecule has 17 heavy (non-hydrogen) atoms. The van der Waals surface area contributed by atoms with Crippen molar-refractivity contribution in [2.24, 2.45) is 5.73 Å². The van der Waals surface area contributed by atoms with E-state index in [2.05, 4.69) is 0 Å². The standard InChI is InChI=1S/C11H22N2O4/c1-8-7-17-9(6-14)5-13(8)11(15)10(12)3-4-16-2/h8-10,14H,3-7,12H2,1-2H3. The summed E-state index contributed by atoms with van der Waals surface area (Å²) in [5.74, 6) is -0.101. The lowest BCUT2D eigenvalue weighted by molar-refractivity contribution is -0.147. The first-order valence-electron chi connectivity index (χ1n) is 5.87. The van der Waals surface area contributed by atoms with E-state index in [9.17, 15) is 4.79 Å². The van der Waals surface area contributed by atoms with Gasteiger partial charge in [0, 0.05) is 20.3 Å². The summed E-state index contributed by atoms with van der Waals surface area (Å²) >= 11 is 0. The second-order valence-electron chi connectivity index (χ2n) is 4.37. The molecule has 100 valence electrons. The van der Waals surface area contributed by atoms with Crippen molar-refractivity contribution >= 4 is 5.91 Å². The summed E-state index contributed by atoms with van der Waals surface area (Å²) in [7, 11) is 1.58. The van der Waals surface area contributed by atoms with Crippen LogP contribution in [0.3, 0.4) is 0 Å². The number of methoxy groups -OCH3 is 1. The van der Waals surface area contributed by atoms with E-state index in [1.165, 1.54) is 0 Å². The highest BCUT2D eigenvalue weighted by Gasteiger charge is 2.31. The number of aliphatic hydroxyl groups excluding tert-OH is 1. The minimum absolute atomic E-state index is 0.00102. The summed E-state index contributed by atoms with van der Waals surface area (Å²) in [6, 6.07) is -0.547. The van der Waals surface area contributed by atoms with Crippen molar-refractivity contribution in [2.45, 2.75) is 31.5 Å². The number of nitrogens with two attached hydrogens (primary N) is 1. The highest BCUT2D eigenvalue weighted by molar-refractivity contribution is 5.82. The molecule has 1 aliphatic heterocycles. The number of carbonyl (C=O) groups is 1. The fraction of sp³-hybridized carbons (Fsp3) is 0.909. The normalized spacial score (nSPS) is 26.9. The first kappa shape index (κ1) is 14.4. The minimum Gasteiger partial charge on any atom is -0.394 e. The molecule has 0 aromatic rings. The number of morpholine rings is 1. The summed E-state index contributed by atoms with van der Waals surface area (Å²) in [4.78, 5) is 13.8. The molecule has 0 spiro atoms. The van der Waals surface area contributed by atoms with E-state index in [-0.39, 0.29) is 24.7 Å². The fourth-order valence-electron chi connectivity index (χ4n) is 1.82. The van der Waals surface area contributed by atoms with Crippen LogP contribution in [0, 0.1) is 0 Å². The topological polar surface area (TPSA) is 85.0 Å². The number of ether oxygens (including phenoxy) is 2. The van der Waals surface area contributed by atoms with Crippen molar-refractivity contribution in [2.75, 3.05) is 33.5 Å². The maximum Gasteiger partial charge on any atom is 0.239 e. The molecule has 6 nitrogen and oxygen atoms in total. The number of aliphatic hydroxyl groups is 1. The third-order valence-corrected chi connectivity index (χ3v) is 2.94. The monoisotopic (exact) mass is 246 g/mol. The van der Waals surface area contributed by atoms with Gasteiger partial charge in [0.1, 0.15) is 0 Å². The van der Waals surface area contributed by atoms with Crippen LogP contribution in [0.5, 0.6) is 0 Å². The lowest BCUT2D eigenvalue weighted by Gasteiger charge is -2.38. The van der Waals surface area contributed by atoms with Crippen LogP contribution in [0.25, 0.3) is 0 Å². The van der Waals surface area contributed by atoms with Crippen molar-refractivity contribution in [1.29, 1.82) is 0 Å². The van der Waals surface area contributed by atoms with Gasteiger partial charge in [-0.25, -0.2) is 0 Å². The molecule has 0 bridgehead atoms. The van der Waals surface area contributed by atoms with Crippen LogP contribution >= 0.6 is 0 Å². The average Bonchev–Trinajstić information content (AvgIpc) is 2.35. The number of nitrogens with zero attached hydrogens (tertiary/aromatic N) is 1. The maximum absolute atomic E-state index is 12.1. The Hall–Kier alpha value is -0.690. The van der Waals surface area contributed by atoms with Gasteiger partial charge in [0.05, 0.1) is 31.4 Å². The van der Waals surface area contributed by atoms with Crippen molar-refractivity contribution in [1.82, 2.24) is 4.90 Å². The molecule has 0 radical (unpaired) electrons. The smallest absolute Gasteiger partial charge is 0.239 e. The van der Waals surface area contributed by atoms with Gasteiger partial charge in [-0.2, -0.15) is 0 Å². The molecule has 3 N–H and O–H groups in total. The number of amides is 1. The zero-order valence-electron chi connectivity index (χ0n) is 10.5. The largest absolute Gasteiger partial charge is 0.394 e. The molecule has 3 unspecified atom stereocenters. The quantitative estimate of drug-likeness (QED) is 0.647. The Labute approximate surface area is 102 Å². The first-order valence-corrected chi connectivity index (χ1v) is 5.87. The summed E-state index contributed by atoms with van der Waals surface area (Å²) in [6.07, 6.45) is 0.202. The van der Waals surface area contributed by atoms with Crippen LogP contribution in [0.2, 0.25) is 0 Å². The Morgan fingerprint density at radius 1 is 1.71 bits per heavy atom. The lowest BCUT2D eigenvalue weighted by atomic mass is 10.1. The molecule has 6 heteroatoms. The lowest BCUT2D eigenvalue weighted by Crippen LogP contribution is -2.56. The highest BCUT2D eigenvalue weighted by Crippen LogP contribution is 2.13. The van der Waals surface area contributed by atoms with Gasteiger partial charge in [-0.1, -0.05) is 0 Å². The van der Waals surface area contributed by atoms with Crippen LogP contribution in [-0.2, 0) is 14.3 Å². The summed E-state index contributed by atoms with van der Waals surface area (Å²) in [5, 5.41) is 9.04. The van der Waals surface area contributed by atoms with E-state index in [4.69, 9.17) is 20.3 Å². The number of rotatable bonds is 5. The molecule has 1 rings (SSSR count). The third kappa shape index (κ3) is 3.92. The Kier molecular flexibility index (Phi) is 5.84. The molecule has 1 heterocycles. The Balaban J connectivity index is 2.53. The van der Waals surface area contributed by atoms with E-state index in [1.54, 1.807) is 12.0 Å². The molecular formula is C11H22N2O4. The summed E-state index contributed by atoms with van der Waals surface area (Å²) in [6.45, 7) is 3.14. The maximum atomic E-state index is 12.1. The molecule has 0 aromatic heterocycles.